The van der Waals surface area contributed by atoms with Gasteiger partial charge in [-0.1, -0.05) is 109 Å². The van der Waals surface area contributed by atoms with Crippen molar-refractivity contribution in [3.8, 4) is 16.8 Å². The number of para-hydroxylation sites is 1. The van der Waals surface area contributed by atoms with E-state index in [1.807, 2.05) is 11.3 Å². The van der Waals surface area contributed by atoms with E-state index >= 15 is 0 Å². The van der Waals surface area contributed by atoms with Crippen LogP contribution in [0, 0.1) is 6.92 Å². The normalized spacial score (nSPS) is 15.4. The highest BCUT2D eigenvalue weighted by Crippen LogP contribution is 2.50. The molecule has 0 spiro atoms. The fraction of sp³-hybridized carbons (Fsp3) is 0.213. The lowest BCUT2D eigenvalue weighted by Gasteiger charge is -2.41. The molecule has 0 saturated carbocycles. The lowest BCUT2D eigenvalue weighted by Crippen LogP contribution is -2.37. The van der Waals surface area contributed by atoms with E-state index in [0.29, 0.717) is 0 Å². The number of aryl methyl sites for hydroxylation is 1. The van der Waals surface area contributed by atoms with Crippen molar-refractivity contribution in [2.75, 3.05) is 5.32 Å². The fourth-order valence-electron chi connectivity index (χ4n) is 12.1. The van der Waals surface area contributed by atoms with Crippen LogP contribution in [0.25, 0.3) is 103 Å². The molecular formula is C61H51BN2O2S. The number of nitrogens with one attached hydrogen (secondary N) is 1. The summed E-state index contributed by atoms with van der Waals surface area (Å²) in [6.45, 7) is 18.8. The Morgan fingerprint density at radius 2 is 1.27 bits per heavy atom. The van der Waals surface area contributed by atoms with Gasteiger partial charge in [-0.25, -0.2) is 0 Å². The summed E-state index contributed by atoms with van der Waals surface area (Å²) in [6, 6.07) is 48.0. The molecule has 0 amide bonds. The zero-order valence-electron chi connectivity index (χ0n) is 39.4. The van der Waals surface area contributed by atoms with E-state index in [-0.39, 0.29) is 16.2 Å². The predicted octanol–water partition coefficient (Wildman–Crippen LogP) is 16.0. The molecule has 8 aromatic carbocycles. The van der Waals surface area contributed by atoms with E-state index in [9.17, 15) is 0 Å². The number of aromatic nitrogens is 1. The minimum absolute atomic E-state index is 0.0561. The minimum atomic E-state index is 0.0561. The van der Waals surface area contributed by atoms with Crippen molar-refractivity contribution < 1.29 is 8.83 Å². The van der Waals surface area contributed by atoms with Crippen LogP contribution in [0.15, 0.2) is 136 Å². The standard InChI is InChI=1S/C61H51BN2O2S/c1-32-23-42(37-24-39-40-26-44-45(61(7,8)22-21-60(44,5)6)28-51(40)66-52(39)30-47(37)63-34-19-17-33(18-20-34)59(2,3)4)57-58-56(32)43-25-38-35-13-9-11-15-50(35)65-53(38)31-48(43)64(58)49-27-41-36-14-10-12-16-54(36)67-55(41)29-46(49)62-57/h9-20,23-31,62-63H,21-22H2,1-8H3. The molecule has 0 unspecified atom stereocenters. The van der Waals surface area contributed by atoms with Crippen molar-refractivity contribution in [1.82, 2.24) is 4.57 Å². The Bertz CT molecular complexity index is 4150. The van der Waals surface area contributed by atoms with Gasteiger partial charge in [-0.05, 0) is 130 Å². The summed E-state index contributed by atoms with van der Waals surface area (Å²) in [5, 5.41) is 13.8. The second-order valence-electron chi connectivity index (χ2n) is 22.1. The number of thiophene rings is 1. The van der Waals surface area contributed by atoms with Gasteiger partial charge in [-0.3, -0.25) is 0 Å². The molecule has 5 heterocycles. The average molecular weight is 887 g/mol. The van der Waals surface area contributed by atoms with Crippen molar-refractivity contribution in [2.24, 2.45) is 0 Å². The molecule has 12 aromatic rings. The molecule has 0 atom stereocenters. The Balaban J connectivity index is 1.08. The molecule has 6 heteroatoms. The van der Waals surface area contributed by atoms with Crippen LogP contribution in [-0.4, -0.2) is 11.8 Å². The first-order valence-corrected chi connectivity index (χ1v) is 24.8. The number of furan rings is 2. The monoisotopic (exact) mass is 886 g/mol. The maximum atomic E-state index is 6.95. The number of fused-ring (bicyclic) bond motifs is 15. The third-order valence-electron chi connectivity index (χ3n) is 15.9. The van der Waals surface area contributed by atoms with Gasteiger partial charge in [-0.2, -0.15) is 0 Å². The number of rotatable bonds is 3. The third-order valence-corrected chi connectivity index (χ3v) is 17.1. The Labute approximate surface area is 394 Å². The number of anilines is 2. The maximum absolute atomic E-state index is 6.95. The first-order valence-electron chi connectivity index (χ1n) is 24.0. The molecular weight excluding hydrogens is 836 g/mol. The lowest BCUT2D eigenvalue weighted by molar-refractivity contribution is 0.332. The van der Waals surface area contributed by atoms with E-state index in [4.69, 9.17) is 8.83 Å². The van der Waals surface area contributed by atoms with Crippen LogP contribution in [0.5, 0.6) is 0 Å². The van der Waals surface area contributed by atoms with Crippen LogP contribution < -0.4 is 16.2 Å². The molecule has 326 valence electrons. The Morgan fingerprint density at radius 3 is 2.06 bits per heavy atom. The zero-order valence-corrected chi connectivity index (χ0v) is 40.2. The number of hydrogen-bond donors (Lipinski definition) is 1. The van der Waals surface area contributed by atoms with Crippen molar-refractivity contribution in [3.05, 3.63) is 150 Å². The molecule has 0 fully saturated rings. The summed E-state index contributed by atoms with van der Waals surface area (Å²) in [5.74, 6) is 0. The van der Waals surface area contributed by atoms with Crippen LogP contribution in [0.4, 0.5) is 11.4 Å². The average Bonchev–Trinajstić information content (AvgIpc) is 4.05. The van der Waals surface area contributed by atoms with E-state index in [1.165, 1.54) is 97.4 Å². The first-order chi connectivity index (χ1) is 32.2. The topological polar surface area (TPSA) is 43.2 Å². The van der Waals surface area contributed by atoms with Gasteiger partial charge in [0.05, 0.1) is 11.2 Å². The number of nitrogens with zero attached hydrogens (tertiary/aromatic N) is 1. The predicted molar refractivity (Wildman–Crippen MR) is 289 cm³/mol. The largest absolute Gasteiger partial charge is 0.456 e. The van der Waals surface area contributed by atoms with Gasteiger partial charge >= 0.3 is 0 Å². The van der Waals surface area contributed by atoms with Gasteiger partial charge in [0.2, 0.25) is 0 Å². The van der Waals surface area contributed by atoms with Crippen molar-refractivity contribution >= 4 is 127 Å². The first kappa shape index (κ1) is 39.4. The Hall–Kier alpha value is -6.76. The molecule has 1 aliphatic heterocycles. The highest BCUT2D eigenvalue weighted by Gasteiger charge is 2.38. The number of hydrogen-bond acceptors (Lipinski definition) is 4. The van der Waals surface area contributed by atoms with Crippen molar-refractivity contribution in [2.45, 2.75) is 84.5 Å². The van der Waals surface area contributed by atoms with Gasteiger partial charge < -0.3 is 18.7 Å². The summed E-state index contributed by atoms with van der Waals surface area (Å²) in [7, 11) is 0.807. The molecule has 0 radical (unpaired) electrons. The summed E-state index contributed by atoms with van der Waals surface area (Å²) in [6.07, 6.45) is 2.32. The molecule has 0 saturated heterocycles. The highest BCUT2D eigenvalue weighted by atomic mass is 32.1. The van der Waals surface area contributed by atoms with E-state index in [1.54, 1.807) is 0 Å². The smallest absolute Gasteiger partial charge is 0.198 e. The SMILES string of the molecule is Cc1cc(-c2cc3c(cc2Nc2ccc(C(C)(C)C)cc2)oc2cc4c(cc23)C(C)(C)CCC4(C)C)c2c3c1c1cc4c(cc1n3-c1cc3c(cc1B2)sc1ccccc13)oc1ccccc14. The zero-order chi connectivity index (χ0) is 45.5. The Kier molecular flexibility index (Phi) is 7.78. The molecule has 4 nitrogen and oxygen atoms in total. The quantitative estimate of drug-likeness (QED) is 0.180. The van der Waals surface area contributed by atoms with Crippen LogP contribution in [0.1, 0.15) is 83.6 Å². The fourth-order valence-corrected chi connectivity index (χ4v) is 13.3. The molecule has 4 aromatic heterocycles. The molecule has 1 N–H and O–H groups in total. The molecule has 14 rings (SSSR count). The third kappa shape index (κ3) is 5.60. The minimum Gasteiger partial charge on any atom is -0.456 e. The second kappa shape index (κ2) is 13.2. The summed E-state index contributed by atoms with van der Waals surface area (Å²) in [5.41, 5.74) is 20.2. The summed E-state index contributed by atoms with van der Waals surface area (Å²) < 4.78 is 18.8. The Morgan fingerprint density at radius 1 is 0.597 bits per heavy atom. The van der Waals surface area contributed by atoms with Gasteiger partial charge in [0.1, 0.15) is 22.3 Å². The van der Waals surface area contributed by atoms with Gasteiger partial charge in [-0.15, -0.1) is 11.3 Å². The summed E-state index contributed by atoms with van der Waals surface area (Å²) in [4.78, 5) is 0. The van der Waals surface area contributed by atoms with E-state index in [2.05, 4.69) is 193 Å². The van der Waals surface area contributed by atoms with Crippen LogP contribution in [0.3, 0.4) is 0 Å². The molecule has 1 aliphatic carbocycles. The van der Waals surface area contributed by atoms with E-state index < -0.39 is 0 Å². The molecule has 0 bridgehead atoms. The molecule has 67 heavy (non-hydrogen) atoms. The lowest BCUT2D eigenvalue weighted by atomic mass is 9.58. The second-order valence-corrected chi connectivity index (χ2v) is 23.2. The van der Waals surface area contributed by atoms with Crippen LogP contribution in [-0.2, 0) is 16.2 Å². The molecule has 2 aliphatic rings. The van der Waals surface area contributed by atoms with Crippen LogP contribution in [0.2, 0.25) is 0 Å². The maximum Gasteiger partial charge on any atom is 0.198 e. The van der Waals surface area contributed by atoms with Crippen molar-refractivity contribution in [3.63, 3.8) is 0 Å². The van der Waals surface area contributed by atoms with Crippen LogP contribution >= 0.6 is 11.3 Å². The van der Waals surface area contributed by atoms with Gasteiger partial charge in [0.25, 0.3) is 0 Å². The summed E-state index contributed by atoms with van der Waals surface area (Å²) >= 11 is 1.90. The van der Waals surface area contributed by atoms with Gasteiger partial charge in [0.15, 0.2) is 7.28 Å². The van der Waals surface area contributed by atoms with Gasteiger partial charge in [0, 0.05) is 87.1 Å². The number of benzene rings is 8. The van der Waals surface area contributed by atoms with Crippen molar-refractivity contribution in [1.29, 1.82) is 0 Å². The van der Waals surface area contributed by atoms with E-state index in [0.717, 1.165) is 70.0 Å². The highest BCUT2D eigenvalue weighted by molar-refractivity contribution is 7.26.